The summed E-state index contributed by atoms with van der Waals surface area (Å²) in [7, 11) is -3.40. The molecular formula is C15H14N4O4S2. The Morgan fingerprint density at radius 3 is 2.80 bits per heavy atom. The van der Waals surface area contributed by atoms with Crippen LogP contribution in [0.2, 0.25) is 0 Å². The van der Waals surface area contributed by atoms with E-state index in [1.54, 1.807) is 12.3 Å². The van der Waals surface area contributed by atoms with Gasteiger partial charge in [-0.3, -0.25) is 10.1 Å². The van der Waals surface area contributed by atoms with E-state index in [4.69, 9.17) is 4.42 Å². The van der Waals surface area contributed by atoms with Crippen LogP contribution in [0, 0.1) is 6.92 Å². The van der Waals surface area contributed by atoms with E-state index in [1.807, 2.05) is 6.92 Å². The van der Waals surface area contributed by atoms with E-state index in [0.717, 1.165) is 5.01 Å². The molecule has 0 unspecified atom stereocenters. The van der Waals surface area contributed by atoms with Crippen LogP contribution in [0.1, 0.15) is 22.3 Å². The number of aryl methyl sites for hydroxylation is 1. The molecule has 3 aromatic rings. The van der Waals surface area contributed by atoms with E-state index in [-0.39, 0.29) is 28.1 Å². The van der Waals surface area contributed by atoms with E-state index < -0.39 is 15.7 Å². The van der Waals surface area contributed by atoms with Gasteiger partial charge in [-0.15, -0.1) is 16.4 Å². The topological polar surface area (TPSA) is 115 Å². The maximum Gasteiger partial charge on any atom is 0.322 e. The Bertz CT molecular complexity index is 1020. The lowest BCUT2D eigenvalue weighted by Crippen LogP contribution is -2.13. The van der Waals surface area contributed by atoms with E-state index in [9.17, 15) is 13.2 Å². The fourth-order valence-corrected chi connectivity index (χ4v) is 3.52. The van der Waals surface area contributed by atoms with Gasteiger partial charge < -0.3 is 4.42 Å². The van der Waals surface area contributed by atoms with Crippen molar-refractivity contribution in [1.82, 2.24) is 15.2 Å². The molecule has 0 spiro atoms. The van der Waals surface area contributed by atoms with Crippen LogP contribution < -0.4 is 5.32 Å². The zero-order valence-corrected chi connectivity index (χ0v) is 15.0. The number of nitrogens with one attached hydrogen (secondary N) is 1. The smallest absolute Gasteiger partial charge is 0.322 e. The van der Waals surface area contributed by atoms with Gasteiger partial charge >= 0.3 is 6.01 Å². The Balaban J connectivity index is 1.79. The second-order valence-electron chi connectivity index (χ2n) is 5.05. The molecule has 1 aromatic carbocycles. The lowest BCUT2D eigenvalue weighted by atomic mass is 10.2. The summed E-state index contributed by atoms with van der Waals surface area (Å²) in [6.45, 7) is 3.40. The summed E-state index contributed by atoms with van der Waals surface area (Å²) in [6, 6.07) is 5.69. The van der Waals surface area contributed by atoms with Gasteiger partial charge in [-0.2, -0.15) is 0 Å². The van der Waals surface area contributed by atoms with Crippen LogP contribution >= 0.6 is 11.3 Å². The fourth-order valence-electron chi connectivity index (χ4n) is 2.01. The SMILES string of the molecule is CCS(=O)(=O)c1cccc(C(=O)Nc2nnc(-c3csc(C)n3)o2)c1. The second kappa shape index (κ2) is 6.73. The number of benzene rings is 1. The number of hydrogen-bond acceptors (Lipinski definition) is 8. The molecule has 25 heavy (non-hydrogen) atoms. The average Bonchev–Trinajstić information content (AvgIpc) is 3.24. The first-order chi connectivity index (χ1) is 11.9. The summed E-state index contributed by atoms with van der Waals surface area (Å²) >= 11 is 1.44. The number of aromatic nitrogens is 3. The first-order valence-corrected chi connectivity index (χ1v) is 9.82. The molecule has 0 saturated carbocycles. The Hall–Kier alpha value is -2.59. The van der Waals surface area contributed by atoms with Crippen LogP contribution in [0.3, 0.4) is 0 Å². The first kappa shape index (κ1) is 17.2. The minimum Gasteiger partial charge on any atom is -0.401 e. The lowest BCUT2D eigenvalue weighted by Gasteiger charge is -2.04. The molecule has 130 valence electrons. The molecular weight excluding hydrogens is 364 g/mol. The van der Waals surface area contributed by atoms with Gasteiger partial charge in [-0.05, 0) is 25.1 Å². The van der Waals surface area contributed by atoms with Gasteiger partial charge in [0.1, 0.15) is 5.69 Å². The minimum absolute atomic E-state index is 0.0435. The minimum atomic E-state index is -3.40. The van der Waals surface area contributed by atoms with Crippen LogP contribution in [0.5, 0.6) is 0 Å². The van der Waals surface area contributed by atoms with Gasteiger partial charge in [0.2, 0.25) is 0 Å². The standard InChI is InChI=1S/C15H14N4O4S2/c1-3-25(21,22)11-6-4-5-10(7-11)13(20)17-15-19-18-14(23-15)12-8-24-9(2)16-12/h4-8H,3H2,1-2H3,(H,17,19,20). The molecule has 1 N–H and O–H groups in total. The van der Waals surface area contributed by atoms with Crippen molar-refractivity contribution < 1.29 is 17.6 Å². The second-order valence-corrected chi connectivity index (χ2v) is 8.39. The zero-order valence-electron chi connectivity index (χ0n) is 13.4. The van der Waals surface area contributed by atoms with Gasteiger partial charge in [0, 0.05) is 10.9 Å². The molecule has 0 radical (unpaired) electrons. The highest BCUT2D eigenvalue weighted by molar-refractivity contribution is 7.91. The largest absolute Gasteiger partial charge is 0.401 e. The molecule has 2 heterocycles. The fraction of sp³-hybridized carbons (Fsp3) is 0.200. The number of nitrogens with zero attached hydrogens (tertiary/aromatic N) is 3. The van der Waals surface area contributed by atoms with Crippen LogP contribution in [0.25, 0.3) is 11.6 Å². The van der Waals surface area contributed by atoms with Crippen LogP contribution in [-0.4, -0.2) is 35.3 Å². The molecule has 2 aromatic heterocycles. The quantitative estimate of drug-likeness (QED) is 0.725. The number of anilines is 1. The molecule has 3 rings (SSSR count). The molecule has 1 amide bonds. The van der Waals surface area contributed by atoms with Crippen LogP contribution in [-0.2, 0) is 9.84 Å². The number of amides is 1. The Labute approximate surface area is 147 Å². The summed E-state index contributed by atoms with van der Waals surface area (Å²) in [4.78, 5) is 16.6. The van der Waals surface area contributed by atoms with E-state index in [2.05, 4.69) is 20.5 Å². The van der Waals surface area contributed by atoms with E-state index >= 15 is 0 Å². The van der Waals surface area contributed by atoms with Crippen molar-refractivity contribution in [3.63, 3.8) is 0 Å². The summed E-state index contributed by atoms with van der Waals surface area (Å²) < 4.78 is 29.2. The van der Waals surface area contributed by atoms with Crippen molar-refractivity contribution in [2.24, 2.45) is 0 Å². The summed E-state index contributed by atoms with van der Waals surface area (Å²) in [5, 5.41) is 12.7. The maximum atomic E-state index is 12.3. The third-order valence-electron chi connectivity index (χ3n) is 3.32. The molecule has 0 saturated heterocycles. The molecule has 10 heteroatoms. The van der Waals surface area contributed by atoms with Gasteiger partial charge in [0.15, 0.2) is 9.84 Å². The highest BCUT2D eigenvalue weighted by Gasteiger charge is 2.17. The van der Waals surface area contributed by atoms with Crippen molar-refractivity contribution in [2.45, 2.75) is 18.7 Å². The van der Waals surface area contributed by atoms with Crippen molar-refractivity contribution >= 4 is 33.1 Å². The third kappa shape index (κ3) is 3.74. The molecule has 0 aliphatic rings. The number of sulfone groups is 1. The predicted molar refractivity (Wildman–Crippen MR) is 92.3 cm³/mol. The highest BCUT2D eigenvalue weighted by atomic mass is 32.2. The molecule has 0 aliphatic heterocycles. The Morgan fingerprint density at radius 1 is 1.32 bits per heavy atom. The van der Waals surface area contributed by atoms with Crippen molar-refractivity contribution in [2.75, 3.05) is 11.1 Å². The third-order valence-corrected chi connectivity index (χ3v) is 5.82. The van der Waals surface area contributed by atoms with E-state index in [0.29, 0.717) is 5.69 Å². The maximum absolute atomic E-state index is 12.3. The molecule has 0 atom stereocenters. The zero-order chi connectivity index (χ0) is 18.0. The van der Waals surface area contributed by atoms with Crippen molar-refractivity contribution in [3.8, 4) is 11.6 Å². The Morgan fingerprint density at radius 2 is 2.12 bits per heavy atom. The molecule has 0 fully saturated rings. The molecule has 0 aliphatic carbocycles. The monoisotopic (exact) mass is 378 g/mol. The van der Waals surface area contributed by atoms with Crippen molar-refractivity contribution in [3.05, 3.63) is 40.2 Å². The van der Waals surface area contributed by atoms with Crippen LogP contribution in [0.4, 0.5) is 6.01 Å². The molecule has 8 nitrogen and oxygen atoms in total. The average molecular weight is 378 g/mol. The predicted octanol–water partition coefficient (Wildman–Crippen LogP) is 2.55. The number of carbonyl (C=O) groups excluding carboxylic acids is 1. The van der Waals surface area contributed by atoms with Gasteiger partial charge in [0.05, 0.1) is 15.7 Å². The van der Waals surface area contributed by atoms with Gasteiger partial charge in [-0.1, -0.05) is 18.1 Å². The lowest BCUT2D eigenvalue weighted by molar-refractivity contribution is 0.102. The van der Waals surface area contributed by atoms with Gasteiger partial charge in [0.25, 0.3) is 11.8 Å². The highest BCUT2D eigenvalue weighted by Crippen LogP contribution is 2.22. The van der Waals surface area contributed by atoms with Gasteiger partial charge in [-0.25, -0.2) is 13.4 Å². The normalized spacial score (nSPS) is 11.4. The Kier molecular flexibility index (Phi) is 4.64. The number of rotatable bonds is 5. The number of thiazole rings is 1. The van der Waals surface area contributed by atoms with Crippen molar-refractivity contribution in [1.29, 1.82) is 0 Å². The van der Waals surface area contributed by atoms with E-state index in [1.165, 1.54) is 35.6 Å². The summed E-state index contributed by atoms with van der Waals surface area (Å²) in [5.41, 5.74) is 0.713. The number of carbonyl (C=O) groups is 1. The number of hydrogen-bond donors (Lipinski definition) is 1. The molecule has 0 bridgehead atoms. The first-order valence-electron chi connectivity index (χ1n) is 7.29. The van der Waals surface area contributed by atoms with Crippen LogP contribution in [0.15, 0.2) is 39.0 Å². The summed E-state index contributed by atoms with van der Waals surface area (Å²) in [5.74, 6) is -0.391. The summed E-state index contributed by atoms with van der Waals surface area (Å²) in [6.07, 6.45) is 0.